The van der Waals surface area contributed by atoms with Gasteiger partial charge in [0.15, 0.2) is 11.5 Å². The molecule has 0 aliphatic rings. The van der Waals surface area contributed by atoms with Crippen LogP contribution in [0.1, 0.15) is 16.7 Å². The number of hydrogen-bond donors (Lipinski definition) is 1. The summed E-state index contributed by atoms with van der Waals surface area (Å²) >= 11 is 6.01. The third-order valence-electron chi connectivity index (χ3n) is 4.01. The molecule has 0 heterocycles. The Morgan fingerprint density at radius 2 is 1.52 bits per heavy atom. The Balaban J connectivity index is 0.00000261. The van der Waals surface area contributed by atoms with Gasteiger partial charge >= 0.3 is 0 Å². The van der Waals surface area contributed by atoms with E-state index in [4.69, 9.17) is 21.1 Å². The lowest BCUT2D eigenvalue weighted by Gasteiger charge is -2.13. The van der Waals surface area contributed by atoms with Crippen molar-refractivity contribution in [1.29, 1.82) is 0 Å². The molecular weight excluding hydrogens is 381 g/mol. The smallest absolute Gasteiger partial charge is 0.161 e. The van der Waals surface area contributed by atoms with Gasteiger partial charge in [0.25, 0.3) is 0 Å². The average Bonchev–Trinajstić information content (AvgIpc) is 2.67. The normalized spacial score (nSPS) is 10.1. The fourth-order valence-electron chi connectivity index (χ4n) is 2.68. The van der Waals surface area contributed by atoms with Crippen LogP contribution in [0, 0.1) is 0 Å². The van der Waals surface area contributed by atoms with E-state index >= 15 is 0 Å². The summed E-state index contributed by atoms with van der Waals surface area (Å²) in [7, 11) is 1.66. The minimum atomic E-state index is 0. The second-order valence-corrected chi connectivity index (χ2v) is 6.43. The van der Waals surface area contributed by atoms with Crippen LogP contribution in [0.3, 0.4) is 0 Å². The van der Waals surface area contributed by atoms with Crippen LogP contribution in [0.5, 0.6) is 11.5 Å². The molecule has 0 unspecified atom stereocenters. The maximum absolute atomic E-state index is 6.01. The summed E-state index contributed by atoms with van der Waals surface area (Å²) in [6.45, 7) is 2.04. The molecule has 0 atom stereocenters. The van der Waals surface area contributed by atoms with Crippen LogP contribution in [0.15, 0.2) is 72.8 Å². The van der Waals surface area contributed by atoms with Crippen molar-refractivity contribution in [3.05, 3.63) is 94.5 Å². The molecule has 0 saturated heterocycles. The first-order chi connectivity index (χ1) is 12.7. The van der Waals surface area contributed by atoms with E-state index in [1.54, 1.807) is 7.11 Å². The van der Waals surface area contributed by atoms with E-state index in [0.29, 0.717) is 11.6 Å². The van der Waals surface area contributed by atoms with Crippen molar-refractivity contribution in [2.24, 2.45) is 0 Å². The number of methoxy groups -OCH3 is 1. The van der Waals surface area contributed by atoms with Crippen LogP contribution in [-0.2, 0) is 19.7 Å². The zero-order valence-corrected chi connectivity index (χ0v) is 16.7. The summed E-state index contributed by atoms with van der Waals surface area (Å²) in [5.74, 6) is 1.45. The van der Waals surface area contributed by atoms with E-state index in [2.05, 4.69) is 17.4 Å². The Kier molecular flexibility index (Phi) is 8.46. The Morgan fingerprint density at radius 3 is 2.26 bits per heavy atom. The molecule has 3 aromatic carbocycles. The van der Waals surface area contributed by atoms with Crippen molar-refractivity contribution < 1.29 is 9.47 Å². The van der Waals surface area contributed by atoms with Crippen molar-refractivity contribution in [3.63, 3.8) is 0 Å². The van der Waals surface area contributed by atoms with Crippen LogP contribution >= 0.6 is 24.0 Å². The number of benzene rings is 3. The molecule has 5 heteroatoms. The zero-order chi connectivity index (χ0) is 18.2. The quantitative estimate of drug-likeness (QED) is 0.527. The van der Waals surface area contributed by atoms with Gasteiger partial charge in [0.2, 0.25) is 0 Å². The lowest BCUT2D eigenvalue weighted by molar-refractivity contribution is 0.284. The van der Waals surface area contributed by atoms with Crippen molar-refractivity contribution >= 4 is 24.0 Å². The van der Waals surface area contributed by atoms with Gasteiger partial charge in [0.05, 0.1) is 7.11 Å². The highest BCUT2D eigenvalue weighted by Crippen LogP contribution is 2.29. The fourth-order valence-corrected chi connectivity index (χ4v) is 2.89. The molecular formula is C22H23Cl2NO2. The van der Waals surface area contributed by atoms with Crippen molar-refractivity contribution in [2.45, 2.75) is 19.7 Å². The number of rotatable bonds is 8. The van der Waals surface area contributed by atoms with E-state index in [1.165, 1.54) is 5.56 Å². The second kappa shape index (κ2) is 10.8. The number of halogens is 2. The molecule has 0 fully saturated rings. The van der Waals surface area contributed by atoms with Crippen molar-refractivity contribution in [3.8, 4) is 11.5 Å². The first-order valence-electron chi connectivity index (χ1n) is 8.53. The predicted molar refractivity (Wildman–Crippen MR) is 113 cm³/mol. The highest BCUT2D eigenvalue weighted by atomic mass is 35.5. The summed E-state index contributed by atoms with van der Waals surface area (Å²) in [5.41, 5.74) is 3.43. The molecule has 27 heavy (non-hydrogen) atoms. The van der Waals surface area contributed by atoms with E-state index < -0.39 is 0 Å². The van der Waals surface area contributed by atoms with E-state index in [9.17, 15) is 0 Å². The van der Waals surface area contributed by atoms with Crippen molar-refractivity contribution in [2.75, 3.05) is 7.11 Å². The minimum Gasteiger partial charge on any atom is -0.493 e. The molecule has 0 aromatic heterocycles. The highest BCUT2D eigenvalue weighted by molar-refractivity contribution is 6.30. The van der Waals surface area contributed by atoms with Gasteiger partial charge in [0, 0.05) is 18.1 Å². The zero-order valence-electron chi connectivity index (χ0n) is 15.2. The molecule has 0 aliphatic heterocycles. The minimum absolute atomic E-state index is 0. The first-order valence-corrected chi connectivity index (χ1v) is 8.91. The molecule has 3 rings (SSSR count). The number of hydrogen-bond acceptors (Lipinski definition) is 3. The molecule has 1 N–H and O–H groups in total. The summed E-state index contributed by atoms with van der Waals surface area (Å²) in [4.78, 5) is 0. The van der Waals surface area contributed by atoms with Crippen LogP contribution in [0.2, 0.25) is 5.02 Å². The monoisotopic (exact) mass is 403 g/mol. The molecule has 0 spiro atoms. The standard InChI is InChI=1S/C22H22ClNO2.ClH/c1-25-22-13-18(15-24-14-17-6-3-2-4-7-17)10-11-21(22)26-16-19-8-5-9-20(23)12-19;/h2-13,24H,14-16H2,1H3;1H. The van der Waals surface area contributed by atoms with E-state index in [0.717, 1.165) is 35.7 Å². The maximum Gasteiger partial charge on any atom is 0.161 e. The molecule has 3 nitrogen and oxygen atoms in total. The van der Waals surface area contributed by atoms with Crippen LogP contribution in [-0.4, -0.2) is 7.11 Å². The third kappa shape index (κ3) is 6.47. The van der Waals surface area contributed by atoms with E-state index in [-0.39, 0.29) is 12.4 Å². The fraction of sp³-hybridized carbons (Fsp3) is 0.182. The van der Waals surface area contributed by atoms with Gasteiger partial charge in [-0.1, -0.05) is 60.1 Å². The van der Waals surface area contributed by atoms with Crippen LogP contribution in [0.4, 0.5) is 0 Å². The Hall–Kier alpha value is -2.20. The lowest BCUT2D eigenvalue weighted by Crippen LogP contribution is -2.12. The van der Waals surface area contributed by atoms with Gasteiger partial charge in [-0.2, -0.15) is 0 Å². The largest absolute Gasteiger partial charge is 0.493 e. The van der Waals surface area contributed by atoms with Crippen molar-refractivity contribution in [1.82, 2.24) is 5.32 Å². The second-order valence-electron chi connectivity index (χ2n) is 5.99. The third-order valence-corrected chi connectivity index (χ3v) is 4.25. The summed E-state index contributed by atoms with van der Waals surface area (Å²) in [6, 6.07) is 24.0. The molecule has 0 radical (unpaired) electrons. The van der Waals surface area contributed by atoms with E-state index in [1.807, 2.05) is 60.7 Å². The van der Waals surface area contributed by atoms with Gasteiger partial charge in [-0.3, -0.25) is 0 Å². The number of ether oxygens (including phenoxy) is 2. The van der Waals surface area contributed by atoms with Gasteiger partial charge < -0.3 is 14.8 Å². The molecule has 0 bridgehead atoms. The molecule has 0 amide bonds. The SMILES string of the molecule is COc1cc(CNCc2ccccc2)ccc1OCc1cccc(Cl)c1.Cl. The average molecular weight is 404 g/mol. The Labute approximate surface area is 171 Å². The summed E-state index contributed by atoms with van der Waals surface area (Å²) < 4.78 is 11.4. The molecule has 0 aliphatic carbocycles. The van der Waals surface area contributed by atoms with Gasteiger partial charge in [-0.05, 0) is 41.0 Å². The predicted octanol–water partition coefficient (Wildman–Crippen LogP) is 5.64. The lowest BCUT2D eigenvalue weighted by atomic mass is 10.2. The molecule has 3 aromatic rings. The number of nitrogens with one attached hydrogen (secondary N) is 1. The van der Waals surface area contributed by atoms with Crippen LogP contribution < -0.4 is 14.8 Å². The van der Waals surface area contributed by atoms with Gasteiger partial charge in [0.1, 0.15) is 6.61 Å². The topological polar surface area (TPSA) is 30.5 Å². The Bertz CT molecular complexity index is 841. The Morgan fingerprint density at radius 1 is 0.778 bits per heavy atom. The summed E-state index contributed by atoms with van der Waals surface area (Å²) in [6.07, 6.45) is 0. The van der Waals surface area contributed by atoms with Gasteiger partial charge in [-0.25, -0.2) is 0 Å². The summed E-state index contributed by atoms with van der Waals surface area (Å²) in [5, 5.41) is 4.15. The van der Waals surface area contributed by atoms with Gasteiger partial charge in [-0.15, -0.1) is 12.4 Å². The first kappa shape index (κ1) is 21.1. The molecule has 142 valence electrons. The van der Waals surface area contributed by atoms with Crippen LogP contribution in [0.25, 0.3) is 0 Å². The maximum atomic E-state index is 6.01. The molecule has 0 saturated carbocycles. The highest BCUT2D eigenvalue weighted by Gasteiger charge is 2.07.